The lowest BCUT2D eigenvalue weighted by molar-refractivity contribution is 0.0980. The summed E-state index contributed by atoms with van der Waals surface area (Å²) in [5, 5.41) is 2.15. The summed E-state index contributed by atoms with van der Waals surface area (Å²) in [4.78, 5) is 3.90. The number of hydrogen-bond donors (Lipinski definition) is 1. The van der Waals surface area contributed by atoms with Gasteiger partial charge in [-0.2, -0.15) is 0 Å². The van der Waals surface area contributed by atoms with Crippen LogP contribution in [0.15, 0.2) is 18.5 Å². The van der Waals surface area contributed by atoms with Crippen molar-refractivity contribution in [3.8, 4) is 0 Å². The number of nitrogens with zero attached hydrogens (tertiary/aromatic N) is 2. The zero-order chi connectivity index (χ0) is 10.7. The summed E-state index contributed by atoms with van der Waals surface area (Å²) < 4.78 is 13.1. The number of hydrogen-bond acceptors (Lipinski definition) is 3. The molecule has 0 saturated carbocycles. The maximum Gasteiger partial charge on any atom is 0.141 e. The number of piperidine rings is 1. The van der Waals surface area contributed by atoms with E-state index in [4.69, 9.17) is 0 Å². The second kappa shape index (κ2) is 4.68. The Bertz CT molecular complexity index is 329. The van der Waals surface area contributed by atoms with E-state index in [2.05, 4.69) is 15.4 Å². The van der Waals surface area contributed by atoms with Crippen LogP contribution in [0.1, 0.15) is 30.9 Å². The summed E-state index contributed by atoms with van der Waals surface area (Å²) in [6.07, 6.45) is 6.45. The van der Waals surface area contributed by atoms with Crippen LogP contribution in [0.3, 0.4) is 0 Å². The molecule has 1 aliphatic heterocycles. The van der Waals surface area contributed by atoms with Crippen LogP contribution in [0.4, 0.5) is 4.39 Å². The molecule has 1 aromatic heterocycles. The van der Waals surface area contributed by atoms with Gasteiger partial charge in [-0.05, 0) is 31.5 Å². The second-order valence-corrected chi connectivity index (χ2v) is 3.87. The monoisotopic (exact) mass is 209 g/mol. The largest absolute Gasteiger partial charge is 0.261 e. The Labute approximate surface area is 89.3 Å². The molecule has 0 spiro atoms. The Morgan fingerprint density at radius 3 is 3.07 bits per heavy atom. The standard InChI is InChI=1S/C11H16FN3/c1-13-15-5-3-2-4-11(15)9-6-10(12)8-14-7-9/h6-8,11,13H,2-5H2,1H3/t11-/m0/s1. The smallest absolute Gasteiger partial charge is 0.141 e. The van der Waals surface area contributed by atoms with Gasteiger partial charge in [-0.3, -0.25) is 10.4 Å². The minimum absolute atomic E-state index is 0.255. The highest BCUT2D eigenvalue weighted by Crippen LogP contribution is 2.28. The number of hydrazine groups is 1. The highest BCUT2D eigenvalue weighted by Gasteiger charge is 2.23. The molecule has 0 aromatic carbocycles. The van der Waals surface area contributed by atoms with E-state index in [1.54, 1.807) is 12.3 Å². The first-order chi connectivity index (χ1) is 7.31. The van der Waals surface area contributed by atoms with E-state index in [-0.39, 0.29) is 11.9 Å². The SMILES string of the molecule is CNN1CCCC[C@H]1c1cncc(F)c1. The van der Waals surface area contributed by atoms with Crippen molar-refractivity contribution in [3.63, 3.8) is 0 Å². The van der Waals surface area contributed by atoms with Crippen molar-refractivity contribution in [3.05, 3.63) is 29.8 Å². The van der Waals surface area contributed by atoms with Gasteiger partial charge in [0.15, 0.2) is 0 Å². The van der Waals surface area contributed by atoms with Gasteiger partial charge in [0.1, 0.15) is 5.82 Å². The fourth-order valence-corrected chi connectivity index (χ4v) is 2.16. The maximum absolute atomic E-state index is 13.1. The topological polar surface area (TPSA) is 28.2 Å². The Morgan fingerprint density at radius 1 is 1.47 bits per heavy atom. The summed E-state index contributed by atoms with van der Waals surface area (Å²) >= 11 is 0. The Hall–Kier alpha value is -1.00. The molecule has 82 valence electrons. The van der Waals surface area contributed by atoms with Crippen molar-refractivity contribution in [1.82, 2.24) is 15.4 Å². The molecule has 4 heteroatoms. The average molecular weight is 209 g/mol. The Morgan fingerprint density at radius 2 is 2.33 bits per heavy atom. The quantitative estimate of drug-likeness (QED) is 0.806. The van der Waals surface area contributed by atoms with Gasteiger partial charge in [0.2, 0.25) is 0 Å². The van der Waals surface area contributed by atoms with Crippen LogP contribution in [0.2, 0.25) is 0 Å². The zero-order valence-electron chi connectivity index (χ0n) is 8.91. The minimum Gasteiger partial charge on any atom is -0.261 e. The summed E-state index contributed by atoms with van der Waals surface area (Å²) in [6.45, 7) is 1.01. The molecule has 1 aromatic rings. The van der Waals surface area contributed by atoms with Gasteiger partial charge in [-0.1, -0.05) is 6.42 Å². The van der Waals surface area contributed by atoms with E-state index < -0.39 is 0 Å². The first-order valence-electron chi connectivity index (χ1n) is 5.36. The molecule has 1 N–H and O–H groups in total. The molecule has 1 atom stereocenters. The lowest BCUT2D eigenvalue weighted by Crippen LogP contribution is -2.41. The van der Waals surface area contributed by atoms with Gasteiger partial charge in [0.25, 0.3) is 0 Å². The summed E-state index contributed by atoms with van der Waals surface area (Å²) in [5.74, 6) is -0.255. The molecule has 15 heavy (non-hydrogen) atoms. The molecule has 3 nitrogen and oxygen atoms in total. The fourth-order valence-electron chi connectivity index (χ4n) is 2.16. The Balaban J connectivity index is 2.20. The van der Waals surface area contributed by atoms with Crippen LogP contribution in [-0.2, 0) is 0 Å². The number of pyridine rings is 1. The summed E-state index contributed by atoms with van der Waals surface area (Å²) in [6, 6.07) is 1.83. The van der Waals surface area contributed by atoms with Gasteiger partial charge in [0.05, 0.1) is 12.2 Å². The van der Waals surface area contributed by atoms with Crippen molar-refractivity contribution in [2.45, 2.75) is 25.3 Å². The first kappa shape index (κ1) is 10.5. The van der Waals surface area contributed by atoms with Gasteiger partial charge in [-0.15, -0.1) is 0 Å². The molecule has 0 bridgehead atoms. The van der Waals surface area contributed by atoms with Gasteiger partial charge in [-0.25, -0.2) is 9.40 Å². The molecular weight excluding hydrogens is 193 g/mol. The minimum atomic E-state index is -0.255. The predicted octanol–water partition coefficient (Wildman–Crippen LogP) is 1.88. The van der Waals surface area contributed by atoms with E-state index in [1.807, 2.05) is 7.05 Å². The van der Waals surface area contributed by atoms with E-state index in [0.717, 1.165) is 18.5 Å². The van der Waals surface area contributed by atoms with Crippen molar-refractivity contribution >= 4 is 0 Å². The van der Waals surface area contributed by atoms with Crippen molar-refractivity contribution in [2.24, 2.45) is 0 Å². The van der Waals surface area contributed by atoms with E-state index in [9.17, 15) is 4.39 Å². The van der Waals surface area contributed by atoms with Crippen LogP contribution in [0, 0.1) is 5.82 Å². The summed E-state index contributed by atoms with van der Waals surface area (Å²) in [5.41, 5.74) is 4.12. The van der Waals surface area contributed by atoms with Crippen LogP contribution >= 0.6 is 0 Å². The molecule has 0 amide bonds. The number of halogens is 1. The van der Waals surface area contributed by atoms with Crippen molar-refractivity contribution in [1.29, 1.82) is 0 Å². The third-order valence-electron chi connectivity index (χ3n) is 2.90. The van der Waals surface area contributed by atoms with Crippen molar-refractivity contribution < 1.29 is 4.39 Å². The highest BCUT2D eigenvalue weighted by atomic mass is 19.1. The first-order valence-corrected chi connectivity index (χ1v) is 5.36. The van der Waals surface area contributed by atoms with E-state index >= 15 is 0 Å². The lowest BCUT2D eigenvalue weighted by atomic mass is 9.98. The van der Waals surface area contributed by atoms with E-state index in [0.29, 0.717) is 0 Å². The molecule has 1 aliphatic rings. The third kappa shape index (κ3) is 2.33. The van der Waals surface area contributed by atoms with Gasteiger partial charge in [0, 0.05) is 12.7 Å². The molecule has 2 rings (SSSR count). The zero-order valence-corrected chi connectivity index (χ0v) is 8.91. The molecule has 1 saturated heterocycles. The summed E-state index contributed by atoms with van der Waals surface area (Å²) in [7, 11) is 1.91. The molecule has 0 radical (unpaired) electrons. The molecule has 2 heterocycles. The molecular formula is C11H16FN3. The number of rotatable bonds is 2. The van der Waals surface area contributed by atoms with E-state index in [1.165, 1.54) is 19.0 Å². The normalized spacial score (nSPS) is 22.9. The molecule has 1 fully saturated rings. The lowest BCUT2D eigenvalue weighted by Gasteiger charge is -2.34. The second-order valence-electron chi connectivity index (χ2n) is 3.87. The predicted molar refractivity (Wildman–Crippen MR) is 56.6 cm³/mol. The number of aromatic nitrogens is 1. The van der Waals surface area contributed by atoms with Crippen LogP contribution < -0.4 is 5.43 Å². The van der Waals surface area contributed by atoms with Crippen LogP contribution in [0.25, 0.3) is 0 Å². The van der Waals surface area contributed by atoms with Gasteiger partial charge < -0.3 is 0 Å². The van der Waals surface area contributed by atoms with Crippen molar-refractivity contribution in [2.75, 3.05) is 13.6 Å². The maximum atomic E-state index is 13.1. The van der Waals surface area contributed by atoms with Gasteiger partial charge >= 0.3 is 0 Å². The average Bonchev–Trinajstić information content (AvgIpc) is 2.29. The Kier molecular flexibility index (Phi) is 3.28. The highest BCUT2D eigenvalue weighted by molar-refractivity contribution is 5.15. The third-order valence-corrected chi connectivity index (χ3v) is 2.90. The number of nitrogens with one attached hydrogen (secondary N) is 1. The van der Waals surface area contributed by atoms with Crippen LogP contribution in [-0.4, -0.2) is 23.6 Å². The molecule has 0 unspecified atom stereocenters. The molecule has 0 aliphatic carbocycles. The van der Waals surface area contributed by atoms with Crippen LogP contribution in [0.5, 0.6) is 0 Å². The fraction of sp³-hybridized carbons (Fsp3) is 0.545.